The molecule has 1 aliphatic heterocycles. The zero-order valence-corrected chi connectivity index (χ0v) is 17.9. The molecule has 164 valence electrons. The number of hydrogen-bond acceptors (Lipinski definition) is 7. The molecule has 0 radical (unpaired) electrons. The minimum Gasteiger partial charge on any atom is -0.385 e. The summed E-state index contributed by atoms with van der Waals surface area (Å²) in [6, 6.07) is 5.60. The smallest absolute Gasteiger partial charge is 0.276 e. The van der Waals surface area contributed by atoms with Gasteiger partial charge in [0.2, 0.25) is 0 Å². The van der Waals surface area contributed by atoms with Crippen molar-refractivity contribution in [1.82, 2.24) is 25.3 Å². The summed E-state index contributed by atoms with van der Waals surface area (Å²) in [7, 11) is 1.72. The van der Waals surface area contributed by atoms with E-state index in [9.17, 15) is 0 Å². The van der Waals surface area contributed by atoms with Gasteiger partial charge in [0.15, 0.2) is 11.8 Å². The van der Waals surface area contributed by atoms with E-state index >= 15 is 0 Å². The van der Waals surface area contributed by atoms with Crippen LogP contribution in [0, 0.1) is 0 Å². The first-order chi connectivity index (χ1) is 14.8. The van der Waals surface area contributed by atoms with Crippen LogP contribution >= 0.6 is 0 Å². The molecule has 0 aliphatic carbocycles. The van der Waals surface area contributed by atoms with Crippen LogP contribution < -0.4 is 5.32 Å². The van der Waals surface area contributed by atoms with Gasteiger partial charge >= 0.3 is 0 Å². The van der Waals surface area contributed by atoms with E-state index in [1.807, 2.05) is 18.2 Å². The van der Waals surface area contributed by atoms with Crippen LogP contribution in [0.1, 0.15) is 32.0 Å². The van der Waals surface area contributed by atoms with Crippen molar-refractivity contribution >= 4 is 5.96 Å². The first kappa shape index (κ1) is 22.2. The molecule has 1 saturated heterocycles. The lowest BCUT2D eigenvalue weighted by atomic mass is 10.1. The van der Waals surface area contributed by atoms with Crippen molar-refractivity contribution in [3.8, 4) is 11.6 Å². The fourth-order valence-corrected chi connectivity index (χ4v) is 3.32. The maximum atomic E-state index is 5.95. The van der Waals surface area contributed by atoms with Gasteiger partial charge in [0.1, 0.15) is 5.69 Å². The Labute approximate surface area is 177 Å². The van der Waals surface area contributed by atoms with Crippen LogP contribution in [0.4, 0.5) is 0 Å². The van der Waals surface area contributed by atoms with Crippen LogP contribution in [-0.4, -0.2) is 78.6 Å². The van der Waals surface area contributed by atoms with Gasteiger partial charge in [-0.3, -0.25) is 9.98 Å². The van der Waals surface area contributed by atoms with Gasteiger partial charge in [-0.05, 0) is 38.3 Å². The average molecular weight is 417 g/mol. The highest BCUT2D eigenvalue weighted by molar-refractivity contribution is 5.80. The molecule has 9 nitrogen and oxygen atoms in total. The highest BCUT2D eigenvalue weighted by Crippen LogP contribution is 2.15. The van der Waals surface area contributed by atoms with Crippen LogP contribution in [0.5, 0.6) is 0 Å². The maximum Gasteiger partial charge on any atom is 0.276 e. The largest absolute Gasteiger partial charge is 0.385 e. The fraction of sp³-hybridized carbons (Fsp3) is 0.619. The summed E-state index contributed by atoms with van der Waals surface area (Å²) in [5, 5.41) is 7.43. The van der Waals surface area contributed by atoms with Gasteiger partial charge in [0, 0.05) is 59.1 Å². The zero-order valence-electron chi connectivity index (χ0n) is 17.9. The quantitative estimate of drug-likeness (QED) is 0.357. The summed E-state index contributed by atoms with van der Waals surface area (Å²) in [6.07, 6.45) is 5.61. The van der Waals surface area contributed by atoms with E-state index in [4.69, 9.17) is 19.0 Å². The van der Waals surface area contributed by atoms with E-state index < -0.39 is 0 Å². The number of ether oxygens (including phenoxy) is 2. The average Bonchev–Trinajstić information content (AvgIpc) is 3.26. The molecular weight excluding hydrogens is 384 g/mol. The molecule has 0 spiro atoms. The minimum atomic E-state index is 0.324. The normalized spacial score (nSPS) is 15.5. The van der Waals surface area contributed by atoms with Crippen molar-refractivity contribution in [3.63, 3.8) is 0 Å². The Morgan fingerprint density at radius 2 is 2.17 bits per heavy atom. The molecule has 2 aromatic rings. The fourth-order valence-electron chi connectivity index (χ4n) is 3.32. The molecule has 3 rings (SSSR count). The first-order valence-corrected chi connectivity index (χ1v) is 10.7. The molecule has 1 aliphatic rings. The van der Waals surface area contributed by atoms with Crippen LogP contribution in [0.15, 0.2) is 33.9 Å². The lowest BCUT2D eigenvalue weighted by molar-refractivity contribution is 0.00991. The standard InChI is InChI=1S/C21H32N6O3/c1-3-22-21(27-13-9-17(10-14-27)29-16-6-15-28-2)24-12-8-19-25-20(30-26-19)18-7-4-5-11-23-18/h4-5,7,11,17H,3,6,8-10,12-16H2,1-2H3,(H,22,24). The van der Waals surface area contributed by atoms with Crippen molar-refractivity contribution in [1.29, 1.82) is 0 Å². The molecule has 2 aromatic heterocycles. The topological polar surface area (TPSA) is 97.9 Å². The number of methoxy groups -OCH3 is 1. The molecular formula is C21H32N6O3. The lowest BCUT2D eigenvalue weighted by Gasteiger charge is -2.34. The van der Waals surface area contributed by atoms with Crippen molar-refractivity contribution in [3.05, 3.63) is 30.2 Å². The molecule has 9 heteroatoms. The van der Waals surface area contributed by atoms with E-state index in [1.165, 1.54) is 0 Å². The highest BCUT2D eigenvalue weighted by Gasteiger charge is 2.21. The molecule has 0 saturated carbocycles. The van der Waals surface area contributed by atoms with Crippen molar-refractivity contribution in [2.75, 3.05) is 46.5 Å². The van der Waals surface area contributed by atoms with Crippen LogP contribution in [0.2, 0.25) is 0 Å². The predicted octanol–water partition coefficient (Wildman–Crippen LogP) is 2.16. The third-order valence-electron chi connectivity index (χ3n) is 4.87. The van der Waals surface area contributed by atoms with Gasteiger partial charge in [-0.15, -0.1) is 0 Å². The summed E-state index contributed by atoms with van der Waals surface area (Å²) in [5.74, 6) is 2.01. The minimum absolute atomic E-state index is 0.324. The number of pyridine rings is 1. The lowest BCUT2D eigenvalue weighted by Crippen LogP contribution is -2.47. The first-order valence-electron chi connectivity index (χ1n) is 10.7. The number of aromatic nitrogens is 3. The van der Waals surface area contributed by atoms with Gasteiger partial charge in [-0.2, -0.15) is 4.98 Å². The number of piperidine rings is 1. The SMILES string of the molecule is CCNC(=NCCc1noc(-c2ccccn2)n1)N1CCC(OCCCOC)CC1. The molecule has 0 amide bonds. The Hall–Kier alpha value is -2.52. The Balaban J connectivity index is 1.46. The second kappa shape index (κ2) is 12.2. The van der Waals surface area contributed by atoms with E-state index in [2.05, 4.69) is 32.3 Å². The number of aliphatic imine (C=N–C) groups is 1. The Morgan fingerprint density at radius 3 is 2.90 bits per heavy atom. The van der Waals surface area contributed by atoms with Gasteiger partial charge in [0.05, 0.1) is 6.10 Å². The number of nitrogens with one attached hydrogen (secondary N) is 1. The predicted molar refractivity (Wildman–Crippen MR) is 114 cm³/mol. The van der Waals surface area contributed by atoms with Crippen LogP contribution in [-0.2, 0) is 15.9 Å². The Morgan fingerprint density at radius 1 is 1.30 bits per heavy atom. The number of nitrogens with zero attached hydrogens (tertiary/aromatic N) is 5. The molecule has 3 heterocycles. The summed E-state index contributed by atoms with van der Waals surface area (Å²) >= 11 is 0. The molecule has 1 fully saturated rings. The number of hydrogen-bond donors (Lipinski definition) is 1. The summed E-state index contributed by atoms with van der Waals surface area (Å²) in [6.45, 7) is 6.89. The zero-order chi connectivity index (χ0) is 21.0. The molecule has 0 bridgehead atoms. The summed E-state index contributed by atoms with van der Waals surface area (Å²) in [5.41, 5.74) is 0.681. The van der Waals surface area contributed by atoms with Crippen molar-refractivity contribution in [2.24, 2.45) is 4.99 Å². The maximum absolute atomic E-state index is 5.95. The van der Waals surface area contributed by atoms with Crippen molar-refractivity contribution in [2.45, 2.75) is 38.7 Å². The third-order valence-corrected chi connectivity index (χ3v) is 4.87. The highest BCUT2D eigenvalue weighted by atomic mass is 16.5. The summed E-state index contributed by atoms with van der Waals surface area (Å²) in [4.78, 5) is 15.7. The number of likely N-dealkylation sites (tertiary alicyclic amines) is 1. The van der Waals surface area contributed by atoms with E-state index in [0.717, 1.165) is 58.1 Å². The molecule has 1 N–H and O–H groups in total. The molecule has 0 atom stereocenters. The van der Waals surface area contributed by atoms with Gasteiger partial charge in [0.25, 0.3) is 5.89 Å². The van der Waals surface area contributed by atoms with Gasteiger partial charge in [-0.25, -0.2) is 0 Å². The second-order valence-corrected chi connectivity index (χ2v) is 7.12. The van der Waals surface area contributed by atoms with Gasteiger partial charge in [-0.1, -0.05) is 11.2 Å². The second-order valence-electron chi connectivity index (χ2n) is 7.12. The molecule has 0 unspecified atom stereocenters. The molecule has 0 aromatic carbocycles. The third kappa shape index (κ3) is 6.77. The Bertz CT molecular complexity index is 759. The van der Waals surface area contributed by atoms with E-state index in [1.54, 1.807) is 13.3 Å². The number of rotatable bonds is 10. The Kier molecular flexibility index (Phi) is 9.04. The summed E-state index contributed by atoms with van der Waals surface area (Å²) < 4.78 is 16.3. The van der Waals surface area contributed by atoms with E-state index in [0.29, 0.717) is 36.5 Å². The molecule has 30 heavy (non-hydrogen) atoms. The van der Waals surface area contributed by atoms with Crippen molar-refractivity contribution < 1.29 is 14.0 Å². The van der Waals surface area contributed by atoms with Crippen LogP contribution in [0.3, 0.4) is 0 Å². The van der Waals surface area contributed by atoms with Crippen LogP contribution in [0.25, 0.3) is 11.6 Å². The van der Waals surface area contributed by atoms with Gasteiger partial charge < -0.3 is 24.2 Å². The number of guanidine groups is 1. The monoisotopic (exact) mass is 416 g/mol. The van der Waals surface area contributed by atoms with E-state index in [-0.39, 0.29) is 0 Å².